The molecule has 0 radical (unpaired) electrons. The first-order valence-electron chi connectivity index (χ1n) is 23.1. The quantitative estimate of drug-likeness (QED) is 0.162. The Morgan fingerprint density at radius 2 is 1.22 bits per heavy atom. The minimum absolute atomic E-state index is 0. The van der Waals surface area contributed by atoms with Crippen molar-refractivity contribution in [1.82, 2.24) is 14.5 Å². The van der Waals surface area contributed by atoms with Crippen LogP contribution in [0.1, 0.15) is 73.5 Å². The van der Waals surface area contributed by atoms with Crippen molar-refractivity contribution in [3.8, 4) is 78.6 Å². The largest absolute Gasteiger partial charge is 0.507 e. The van der Waals surface area contributed by atoms with Crippen molar-refractivity contribution in [2.24, 2.45) is 0 Å². The first-order chi connectivity index (χ1) is 31.3. The molecular weight excluding hydrogens is 962 g/mol. The van der Waals surface area contributed by atoms with Gasteiger partial charge in [0.1, 0.15) is 11.6 Å². The van der Waals surface area contributed by atoms with Gasteiger partial charge in [0.2, 0.25) is 0 Å². The van der Waals surface area contributed by atoms with Crippen molar-refractivity contribution in [2.45, 2.75) is 73.1 Å². The van der Waals surface area contributed by atoms with Crippen molar-refractivity contribution in [1.29, 1.82) is 0 Å². The van der Waals surface area contributed by atoms with Crippen LogP contribution in [0.25, 0.3) is 83.9 Å². The molecule has 0 atom stereocenters. The van der Waals surface area contributed by atoms with E-state index < -0.39 is 12.3 Å². The summed E-state index contributed by atoms with van der Waals surface area (Å²) >= 11 is 0. The van der Waals surface area contributed by atoms with Gasteiger partial charge in [0, 0.05) is 42.6 Å². The monoisotopic (exact) mass is 1020 g/mol. The predicted octanol–water partition coefficient (Wildman–Crippen LogP) is 15.4. The fraction of sp³-hybridized carbons (Fsp3) is 0.186. The molecule has 4 nitrogen and oxygen atoms in total. The molecule has 0 amide bonds. The Hall–Kier alpha value is -6.35. The van der Waals surface area contributed by atoms with Gasteiger partial charge in [-0.1, -0.05) is 179 Å². The van der Waals surface area contributed by atoms with Crippen molar-refractivity contribution in [2.75, 3.05) is 0 Å². The van der Waals surface area contributed by atoms with Crippen LogP contribution in [0.4, 0.5) is 0 Å². The standard InChI is InChI=1S/C59H54N3O.Pt/c1-37-27-38(2)29-44(28-37)43-25-26-60-52(34-43)47-32-45(41-19-14-11-15-20-41)31-46(33-47)49-21-16-22-54-55(49)61-57(50-35-48(58(4,5)6)36-51(56(50)63)59(7,8)9)62(54)53-24-23-42(30-39(53)3)40-17-12-10-13-18-40;/h10-32,34-36,63H,1-9H3;/q-1;/i3D3;. The number of phenolic OH excluding ortho intramolecular Hbond substituents is 1. The van der Waals surface area contributed by atoms with E-state index in [9.17, 15) is 5.11 Å². The number of pyridine rings is 1. The zero-order chi connectivity index (χ0) is 46.7. The van der Waals surface area contributed by atoms with Crippen LogP contribution in [0, 0.1) is 26.8 Å². The van der Waals surface area contributed by atoms with Crippen LogP contribution < -0.4 is 0 Å². The maximum absolute atomic E-state index is 12.5. The smallest absolute Gasteiger partial charge is 0.148 e. The number of nitrogens with zero attached hydrogens (tertiary/aromatic N) is 3. The Bertz CT molecular complexity index is 3270. The summed E-state index contributed by atoms with van der Waals surface area (Å²) in [6.45, 7) is 14.5. The summed E-state index contributed by atoms with van der Waals surface area (Å²) in [5.74, 6) is 0.548. The molecule has 9 rings (SSSR count). The molecule has 7 aromatic carbocycles. The van der Waals surface area contributed by atoms with E-state index in [1.54, 1.807) is 6.07 Å². The average Bonchev–Trinajstić information content (AvgIpc) is 3.67. The Morgan fingerprint density at radius 1 is 0.578 bits per heavy atom. The number of aromatic hydroxyl groups is 1. The Morgan fingerprint density at radius 3 is 1.88 bits per heavy atom. The number of para-hydroxylation sites is 1. The van der Waals surface area contributed by atoms with E-state index in [2.05, 4.69) is 116 Å². The Balaban J connectivity index is 0.00000608. The van der Waals surface area contributed by atoms with Gasteiger partial charge in [-0.25, -0.2) is 4.98 Å². The van der Waals surface area contributed by atoms with E-state index >= 15 is 0 Å². The second-order valence-electron chi connectivity index (χ2n) is 18.8. The third-order valence-electron chi connectivity index (χ3n) is 11.9. The number of benzene rings is 7. The predicted molar refractivity (Wildman–Crippen MR) is 264 cm³/mol. The van der Waals surface area contributed by atoms with Gasteiger partial charge in [-0.3, -0.25) is 9.55 Å². The molecule has 322 valence electrons. The number of aryl methyl sites for hydroxylation is 3. The average molecular weight is 1020 g/mol. The van der Waals surface area contributed by atoms with Crippen molar-refractivity contribution in [3.05, 3.63) is 192 Å². The summed E-state index contributed by atoms with van der Waals surface area (Å²) in [4.78, 5) is 10.4. The molecular formula is C59H54N3OPt-. The van der Waals surface area contributed by atoms with Gasteiger partial charge in [-0.2, -0.15) is 0 Å². The van der Waals surface area contributed by atoms with Crippen LogP contribution in [0.5, 0.6) is 5.75 Å². The number of hydrogen-bond donors (Lipinski definition) is 1. The molecule has 0 aliphatic heterocycles. The van der Waals surface area contributed by atoms with E-state index in [4.69, 9.17) is 14.1 Å². The molecule has 0 saturated heterocycles. The summed E-state index contributed by atoms with van der Waals surface area (Å²) in [5.41, 5.74) is 15.1. The normalized spacial score (nSPS) is 12.7. The molecule has 2 heterocycles. The van der Waals surface area contributed by atoms with Gasteiger partial charge in [0.05, 0.1) is 22.3 Å². The van der Waals surface area contributed by atoms with Crippen molar-refractivity contribution >= 4 is 11.0 Å². The molecule has 0 aliphatic rings. The molecule has 2 aromatic heterocycles. The summed E-state index contributed by atoms with van der Waals surface area (Å²) in [7, 11) is 0. The summed E-state index contributed by atoms with van der Waals surface area (Å²) in [6.07, 6.45) is 1.86. The third-order valence-corrected chi connectivity index (χ3v) is 11.9. The van der Waals surface area contributed by atoms with Crippen LogP contribution in [-0.2, 0) is 31.9 Å². The van der Waals surface area contributed by atoms with Crippen LogP contribution >= 0.6 is 0 Å². The second-order valence-corrected chi connectivity index (χ2v) is 18.8. The zero-order valence-electron chi connectivity index (χ0n) is 40.6. The van der Waals surface area contributed by atoms with Gasteiger partial charge >= 0.3 is 0 Å². The topological polar surface area (TPSA) is 50.9 Å². The Kier molecular flexibility index (Phi) is 10.9. The number of aromatic nitrogens is 3. The van der Waals surface area contributed by atoms with Crippen molar-refractivity contribution < 1.29 is 30.3 Å². The Labute approximate surface area is 397 Å². The molecule has 64 heavy (non-hydrogen) atoms. The fourth-order valence-electron chi connectivity index (χ4n) is 8.64. The van der Waals surface area contributed by atoms with E-state index in [0.717, 1.165) is 66.9 Å². The molecule has 0 aliphatic carbocycles. The number of hydrogen-bond acceptors (Lipinski definition) is 3. The molecule has 0 spiro atoms. The van der Waals surface area contributed by atoms with E-state index in [0.29, 0.717) is 28.1 Å². The van der Waals surface area contributed by atoms with E-state index in [1.807, 2.05) is 102 Å². The van der Waals surface area contributed by atoms with Crippen LogP contribution in [0.15, 0.2) is 158 Å². The SMILES string of the molecule is [2H]C([2H])([2H])c1cc(-c2ccccc2)ccc1-n1c(-c2cc(C(C)(C)C)cc(C(C)(C)C)c2O)nc2c(-c3[c-]c(-c4cc(-c5cc(C)cc(C)c5)ccn4)cc(-c4ccccc4)c3)cccc21.[Pt]. The number of phenols is 1. The molecule has 0 bridgehead atoms. The number of rotatable bonds is 7. The van der Waals surface area contributed by atoms with Crippen LogP contribution in [-0.4, -0.2) is 19.6 Å². The maximum atomic E-state index is 12.5. The van der Waals surface area contributed by atoms with Crippen LogP contribution in [0.2, 0.25) is 0 Å². The van der Waals surface area contributed by atoms with Crippen molar-refractivity contribution in [3.63, 3.8) is 0 Å². The van der Waals surface area contributed by atoms with E-state index in [1.165, 1.54) is 11.1 Å². The molecule has 0 unspecified atom stereocenters. The van der Waals surface area contributed by atoms with Gasteiger partial charge in [-0.05, 0) is 101 Å². The van der Waals surface area contributed by atoms with Gasteiger partial charge in [0.25, 0.3) is 0 Å². The summed E-state index contributed by atoms with van der Waals surface area (Å²) in [6, 6.07) is 54.6. The number of imidazole rings is 1. The first-order valence-corrected chi connectivity index (χ1v) is 21.6. The van der Waals surface area contributed by atoms with E-state index in [-0.39, 0.29) is 37.8 Å². The second kappa shape index (κ2) is 17.3. The van der Waals surface area contributed by atoms with Crippen LogP contribution in [0.3, 0.4) is 0 Å². The fourth-order valence-corrected chi connectivity index (χ4v) is 8.64. The molecule has 0 fully saturated rings. The molecule has 5 heteroatoms. The minimum atomic E-state index is -2.50. The van der Waals surface area contributed by atoms with Gasteiger partial charge in [0.15, 0.2) is 0 Å². The maximum Gasteiger partial charge on any atom is 0.148 e. The first kappa shape index (κ1) is 40.4. The summed E-state index contributed by atoms with van der Waals surface area (Å²) < 4.78 is 28.8. The zero-order valence-corrected chi connectivity index (χ0v) is 39.9. The molecule has 0 saturated carbocycles. The minimum Gasteiger partial charge on any atom is -0.507 e. The third kappa shape index (κ3) is 8.65. The molecule has 9 aromatic rings. The van der Waals surface area contributed by atoms with Gasteiger partial charge < -0.3 is 5.11 Å². The summed E-state index contributed by atoms with van der Waals surface area (Å²) in [5, 5.41) is 12.5. The molecule has 1 N–H and O–H groups in total. The number of fused-ring (bicyclic) bond motifs is 1. The van der Waals surface area contributed by atoms with Gasteiger partial charge in [-0.15, -0.1) is 23.8 Å².